The van der Waals surface area contributed by atoms with E-state index in [-0.39, 0.29) is 28.8 Å². The number of rotatable bonds is 7. The van der Waals surface area contributed by atoms with Crippen LogP contribution in [0.1, 0.15) is 34.0 Å². The number of amides is 2. The van der Waals surface area contributed by atoms with Crippen LogP contribution in [0.5, 0.6) is 0 Å². The minimum Gasteiger partial charge on any atom is -0.348 e. The van der Waals surface area contributed by atoms with E-state index in [1.54, 1.807) is 49.4 Å². The Morgan fingerprint density at radius 3 is 2.09 bits per heavy atom. The minimum atomic E-state index is -3.85. The quantitative estimate of drug-likeness (QED) is 0.505. The van der Waals surface area contributed by atoms with Gasteiger partial charge in [-0.3, -0.25) is 14.3 Å². The Labute approximate surface area is 187 Å². The Morgan fingerprint density at radius 1 is 0.844 bits per heavy atom. The van der Waals surface area contributed by atoms with Crippen LogP contribution in [-0.2, 0) is 21.4 Å². The summed E-state index contributed by atoms with van der Waals surface area (Å²) in [5.74, 6) is -0.533. The third-order valence-electron chi connectivity index (χ3n) is 4.80. The minimum absolute atomic E-state index is 0.00786. The van der Waals surface area contributed by atoms with Crippen LogP contribution in [0.25, 0.3) is 0 Å². The highest BCUT2D eigenvalue weighted by atomic mass is 32.2. The van der Waals surface area contributed by atoms with Gasteiger partial charge in [0.25, 0.3) is 15.9 Å². The largest absolute Gasteiger partial charge is 0.348 e. The SMILES string of the molecule is CC(=O)Nc1ccc(CNC(=O)c2cc(S(=O)(=O)Nc3ccc(C)cc3)ccc2C)cc1. The molecule has 0 bridgehead atoms. The van der Waals surface area contributed by atoms with E-state index < -0.39 is 10.0 Å². The summed E-state index contributed by atoms with van der Waals surface area (Å²) in [6.07, 6.45) is 0. The lowest BCUT2D eigenvalue weighted by Crippen LogP contribution is -2.24. The molecule has 3 aromatic carbocycles. The van der Waals surface area contributed by atoms with Crippen LogP contribution in [0.2, 0.25) is 0 Å². The molecule has 0 aliphatic rings. The summed E-state index contributed by atoms with van der Waals surface area (Å²) in [6, 6.07) is 18.6. The van der Waals surface area contributed by atoms with E-state index in [1.165, 1.54) is 19.1 Å². The number of carbonyl (C=O) groups is 2. The van der Waals surface area contributed by atoms with Gasteiger partial charge in [-0.1, -0.05) is 35.9 Å². The maximum Gasteiger partial charge on any atom is 0.261 e. The van der Waals surface area contributed by atoms with Gasteiger partial charge in [0.05, 0.1) is 4.90 Å². The smallest absolute Gasteiger partial charge is 0.261 e. The Bertz CT molecular complexity index is 1240. The molecule has 0 spiro atoms. The molecule has 0 aliphatic carbocycles. The van der Waals surface area contributed by atoms with E-state index in [0.29, 0.717) is 16.9 Å². The Morgan fingerprint density at radius 2 is 1.47 bits per heavy atom. The zero-order valence-corrected chi connectivity index (χ0v) is 18.9. The van der Waals surface area contributed by atoms with Gasteiger partial charge < -0.3 is 10.6 Å². The van der Waals surface area contributed by atoms with Crippen molar-refractivity contribution in [1.29, 1.82) is 0 Å². The predicted molar refractivity (Wildman–Crippen MR) is 125 cm³/mol. The number of benzene rings is 3. The van der Waals surface area contributed by atoms with Crippen LogP contribution in [0.3, 0.4) is 0 Å². The summed E-state index contributed by atoms with van der Waals surface area (Å²) in [5, 5.41) is 5.49. The van der Waals surface area contributed by atoms with Crippen molar-refractivity contribution in [2.75, 3.05) is 10.0 Å². The van der Waals surface area contributed by atoms with Gasteiger partial charge in [-0.2, -0.15) is 0 Å². The second-order valence-electron chi connectivity index (χ2n) is 7.51. The highest BCUT2D eigenvalue weighted by Gasteiger charge is 2.18. The molecule has 0 fully saturated rings. The van der Waals surface area contributed by atoms with E-state index in [4.69, 9.17) is 0 Å². The second-order valence-corrected chi connectivity index (χ2v) is 9.19. The van der Waals surface area contributed by atoms with Crippen LogP contribution in [-0.4, -0.2) is 20.2 Å². The number of nitrogens with one attached hydrogen (secondary N) is 3. The first-order chi connectivity index (χ1) is 15.1. The molecule has 8 heteroatoms. The molecular formula is C24H25N3O4S. The number of hydrogen-bond donors (Lipinski definition) is 3. The van der Waals surface area contributed by atoms with E-state index in [1.807, 2.05) is 19.1 Å². The fraction of sp³-hybridized carbons (Fsp3) is 0.167. The molecule has 0 aromatic heterocycles. The van der Waals surface area contributed by atoms with Crippen molar-refractivity contribution in [3.05, 3.63) is 89.0 Å². The molecule has 166 valence electrons. The Kier molecular flexibility index (Phi) is 6.95. The molecule has 2 amide bonds. The third kappa shape index (κ3) is 5.95. The highest BCUT2D eigenvalue weighted by molar-refractivity contribution is 7.92. The number of carbonyl (C=O) groups excluding carboxylic acids is 2. The van der Waals surface area contributed by atoms with Gasteiger partial charge in [0.1, 0.15) is 0 Å². The van der Waals surface area contributed by atoms with Crippen LogP contribution in [0, 0.1) is 13.8 Å². The average molecular weight is 452 g/mol. The Hall–Kier alpha value is -3.65. The van der Waals surface area contributed by atoms with E-state index >= 15 is 0 Å². The van der Waals surface area contributed by atoms with Gasteiger partial charge in [-0.25, -0.2) is 8.42 Å². The monoisotopic (exact) mass is 451 g/mol. The normalized spacial score (nSPS) is 11.0. The zero-order valence-electron chi connectivity index (χ0n) is 18.1. The summed E-state index contributed by atoms with van der Waals surface area (Å²) in [4.78, 5) is 23.9. The number of sulfonamides is 1. The summed E-state index contributed by atoms with van der Waals surface area (Å²) < 4.78 is 28.1. The average Bonchev–Trinajstić information content (AvgIpc) is 2.74. The molecule has 3 rings (SSSR count). The molecule has 3 aromatic rings. The summed E-state index contributed by atoms with van der Waals surface area (Å²) in [7, 11) is -3.85. The van der Waals surface area contributed by atoms with Crippen molar-refractivity contribution in [2.45, 2.75) is 32.2 Å². The molecule has 0 unspecified atom stereocenters. The van der Waals surface area contributed by atoms with Gasteiger partial charge in [0.15, 0.2) is 0 Å². The lowest BCUT2D eigenvalue weighted by Gasteiger charge is -2.12. The third-order valence-corrected chi connectivity index (χ3v) is 6.17. The van der Waals surface area contributed by atoms with Gasteiger partial charge >= 0.3 is 0 Å². The number of hydrogen-bond acceptors (Lipinski definition) is 4. The van der Waals surface area contributed by atoms with Crippen LogP contribution in [0.4, 0.5) is 11.4 Å². The molecule has 32 heavy (non-hydrogen) atoms. The first-order valence-corrected chi connectivity index (χ1v) is 11.5. The molecular weight excluding hydrogens is 426 g/mol. The first kappa shape index (κ1) is 23.0. The second kappa shape index (κ2) is 9.65. The highest BCUT2D eigenvalue weighted by Crippen LogP contribution is 2.20. The van der Waals surface area contributed by atoms with E-state index in [2.05, 4.69) is 15.4 Å². The van der Waals surface area contributed by atoms with Crippen LogP contribution < -0.4 is 15.4 Å². The van der Waals surface area contributed by atoms with Gasteiger partial charge in [-0.05, 0) is 61.4 Å². The predicted octanol–water partition coefficient (Wildman–Crippen LogP) is 3.99. The van der Waals surface area contributed by atoms with Crippen molar-refractivity contribution >= 4 is 33.2 Å². The van der Waals surface area contributed by atoms with Crippen molar-refractivity contribution in [1.82, 2.24) is 5.32 Å². The fourth-order valence-corrected chi connectivity index (χ4v) is 4.12. The van der Waals surface area contributed by atoms with Crippen molar-refractivity contribution in [3.8, 4) is 0 Å². The maximum atomic E-state index is 12.8. The molecule has 0 saturated heterocycles. The van der Waals surface area contributed by atoms with Gasteiger partial charge in [0.2, 0.25) is 5.91 Å². The molecule has 0 radical (unpaired) electrons. The van der Waals surface area contributed by atoms with Gasteiger partial charge in [0, 0.05) is 30.4 Å². The lowest BCUT2D eigenvalue weighted by molar-refractivity contribution is -0.114. The van der Waals surface area contributed by atoms with Crippen molar-refractivity contribution in [2.24, 2.45) is 0 Å². The topological polar surface area (TPSA) is 104 Å². The first-order valence-electron chi connectivity index (χ1n) is 9.99. The standard InChI is InChI=1S/C24H25N3O4S/c1-16-4-9-21(10-5-16)27-32(30,31)22-13-6-17(2)23(14-22)24(29)25-15-19-7-11-20(12-8-19)26-18(3)28/h4-14,27H,15H2,1-3H3,(H,25,29)(H,26,28). The van der Waals surface area contributed by atoms with Gasteiger partial charge in [-0.15, -0.1) is 0 Å². The number of aryl methyl sites for hydroxylation is 2. The molecule has 0 heterocycles. The molecule has 3 N–H and O–H groups in total. The lowest BCUT2D eigenvalue weighted by atomic mass is 10.1. The van der Waals surface area contributed by atoms with Crippen molar-refractivity contribution < 1.29 is 18.0 Å². The molecule has 0 atom stereocenters. The summed E-state index contributed by atoms with van der Waals surface area (Å²) >= 11 is 0. The molecule has 7 nitrogen and oxygen atoms in total. The van der Waals surface area contributed by atoms with E-state index in [0.717, 1.165) is 11.1 Å². The summed E-state index contributed by atoms with van der Waals surface area (Å²) in [6.45, 7) is 5.36. The maximum absolute atomic E-state index is 12.8. The number of anilines is 2. The molecule has 0 aliphatic heterocycles. The fourth-order valence-electron chi connectivity index (χ4n) is 3.04. The van der Waals surface area contributed by atoms with Crippen LogP contribution in [0.15, 0.2) is 71.6 Å². The van der Waals surface area contributed by atoms with E-state index in [9.17, 15) is 18.0 Å². The zero-order chi connectivity index (χ0) is 23.3. The summed E-state index contributed by atoms with van der Waals surface area (Å²) in [5.41, 5.74) is 3.93. The Balaban J connectivity index is 1.72. The van der Waals surface area contributed by atoms with Crippen LogP contribution >= 0.6 is 0 Å². The van der Waals surface area contributed by atoms with Crippen molar-refractivity contribution in [3.63, 3.8) is 0 Å². The molecule has 0 saturated carbocycles.